The van der Waals surface area contributed by atoms with Crippen molar-refractivity contribution in [2.75, 3.05) is 24.7 Å². The molecule has 3 heterocycles. The number of aromatic nitrogens is 4. The van der Waals surface area contributed by atoms with E-state index in [9.17, 15) is 14.5 Å². The summed E-state index contributed by atoms with van der Waals surface area (Å²) >= 11 is 0. The summed E-state index contributed by atoms with van der Waals surface area (Å²) in [5.41, 5.74) is 2.43. The number of esters is 1. The lowest BCUT2D eigenvalue weighted by atomic mass is 9.98. The van der Waals surface area contributed by atoms with Gasteiger partial charge in [-0.3, -0.25) is 13.9 Å². The van der Waals surface area contributed by atoms with Crippen LogP contribution < -0.4 is 20.7 Å². The highest BCUT2D eigenvalue weighted by Crippen LogP contribution is 2.48. The Hall–Kier alpha value is -3.36. The van der Waals surface area contributed by atoms with Crippen LogP contribution in [-0.4, -0.2) is 74.3 Å². The van der Waals surface area contributed by atoms with Gasteiger partial charge in [0.25, 0.3) is 0 Å². The van der Waals surface area contributed by atoms with Crippen LogP contribution in [0.2, 0.25) is 0 Å². The number of halogens is 1. The Morgan fingerprint density at radius 1 is 1.35 bits per heavy atom. The first kappa shape index (κ1) is 25.6. The summed E-state index contributed by atoms with van der Waals surface area (Å²) in [7, 11) is -2.92. The van der Waals surface area contributed by atoms with Gasteiger partial charge in [-0.15, -0.1) is 0 Å². The monoisotopic (exact) mass is 584 g/mol. The van der Waals surface area contributed by atoms with E-state index in [0.29, 0.717) is 0 Å². The number of fused-ring (bicyclic) bond motifs is 1. The highest BCUT2D eigenvalue weighted by molar-refractivity contribution is 7.52. The molecule has 0 aliphatic carbocycles. The van der Waals surface area contributed by atoms with Crippen molar-refractivity contribution in [3.05, 3.63) is 36.7 Å². The number of rotatable bonds is 11. The molecule has 0 radical (unpaired) electrons. The number of imidazole rings is 1. The molecule has 14 nitrogen and oxygen atoms in total. The van der Waals surface area contributed by atoms with E-state index in [1.807, 2.05) is 0 Å². The number of nitrogens with one attached hydrogen (secondary N) is 2. The second-order valence-corrected chi connectivity index (χ2v) is 11.0. The van der Waals surface area contributed by atoms with Crippen molar-refractivity contribution in [3.63, 3.8) is 0 Å². The van der Waals surface area contributed by atoms with Gasteiger partial charge in [0.05, 0.1) is 19.0 Å². The molecule has 0 spiro atoms. The Morgan fingerprint density at radius 3 is 2.73 bits per heavy atom. The third-order valence-corrected chi connectivity index (χ3v) is 7.45. The van der Waals surface area contributed by atoms with Gasteiger partial charge in [0, 0.05) is 11.2 Å². The van der Waals surface area contributed by atoms with Crippen molar-refractivity contribution in [2.24, 2.45) is 0 Å². The van der Waals surface area contributed by atoms with Gasteiger partial charge in [0.2, 0.25) is 5.95 Å². The summed E-state index contributed by atoms with van der Waals surface area (Å²) in [6, 6.07) is 6.65. The molecule has 2 aromatic heterocycles. The molecule has 0 saturated carbocycles. The summed E-state index contributed by atoms with van der Waals surface area (Å²) in [5.74, 6) is -0.691. The highest BCUT2D eigenvalue weighted by atomic mass is 31.2. The first-order valence-corrected chi connectivity index (χ1v) is 13.8. The lowest BCUT2D eigenvalue weighted by Gasteiger charge is -2.25. The van der Waals surface area contributed by atoms with Gasteiger partial charge in [-0.25, -0.2) is 13.9 Å². The number of benzene rings is 1. The van der Waals surface area contributed by atoms with E-state index in [2.05, 4.69) is 25.4 Å². The fourth-order valence-corrected chi connectivity index (χ4v) is 5.44. The lowest BCUT2D eigenvalue weighted by molar-refractivity contribution is -0.149. The zero-order valence-corrected chi connectivity index (χ0v) is 23.0. The third-order valence-electron chi connectivity index (χ3n) is 5.81. The Bertz CT molecular complexity index is 1500. The molecule has 218 valence electrons. The van der Waals surface area contributed by atoms with E-state index < -0.39 is 63.4 Å². The number of nitrogens with zero attached hydrogens (tertiary/aromatic N) is 4. The molecule has 1 aliphatic rings. The number of anilines is 2. The van der Waals surface area contributed by atoms with Gasteiger partial charge in [-0.05, 0) is 39.8 Å². The Morgan fingerprint density at radius 2 is 2.08 bits per heavy atom. The van der Waals surface area contributed by atoms with Crippen LogP contribution in [0.3, 0.4) is 0 Å². The maximum atomic E-state index is 16.6. The molecule has 3 aromatic rings. The van der Waals surface area contributed by atoms with E-state index in [1.165, 1.54) is 19.1 Å². The molecular weight excluding hydrogens is 548 g/mol. The Kier molecular flexibility index (Phi) is 7.44. The first-order valence-electron chi connectivity index (χ1n) is 13.8. The number of carbonyl (C=O) groups excluding carboxylic acids is 1. The van der Waals surface area contributed by atoms with Crippen LogP contribution in [0.15, 0.2) is 36.7 Å². The van der Waals surface area contributed by atoms with Gasteiger partial charge in [0.15, 0.2) is 28.9 Å². The number of aliphatic hydroxyl groups excluding tert-OH is 1. The van der Waals surface area contributed by atoms with E-state index in [0.717, 1.165) is 10.9 Å². The maximum Gasteiger partial charge on any atom is 0.459 e. The molecule has 1 fully saturated rings. The molecule has 4 rings (SSSR count). The van der Waals surface area contributed by atoms with Crippen LogP contribution in [0, 0.1) is 0 Å². The van der Waals surface area contributed by atoms with Crippen molar-refractivity contribution < 1.29 is 41.5 Å². The minimum Gasteiger partial charge on any atom is -0.462 e. The molecule has 1 aliphatic heterocycles. The number of ether oxygens (including phenoxy) is 2. The van der Waals surface area contributed by atoms with Crippen molar-refractivity contribution in [3.8, 4) is 5.75 Å². The number of nitrogens with two attached hydrogens (primary N) is 1. The normalized spacial score (nSPS) is 26.5. The van der Waals surface area contributed by atoms with Gasteiger partial charge >= 0.3 is 13.7 Å². The average Bonchev–Trinajstić information content (AvgIpc) is 3.45. The predicted molar refractivity (Wildman–Crippen MR) is 143 cm³/mol. The number of para-hydroxylation sites is 1. The molecule has 0 amide bonds. The van der Waals surface area contributed by atoms with Gasteiger partial charge < -0.3 is 30.2 Å². The molecule has 40 heavy (non-hydrogen) atoms. The van der Waals surface area contributed by atoms with Gasteiger partial charge in [0.1, 0.15) is 24.0 Å². The summed E-state index contributed by atoms with van der Waals surface area (Å²) in [4.78, 5) is 24.6. The fourth-order valence-electron chi connectivity index (χ4n) is 3.94. The van der Waals surface area contributed by atoms with E-state index in [1.54, 1.807) is 39.1 Å². The largest absolute Gasteiger partial charge is 0.462 e. The fraction of sp³-hybridized carbons (Fsp3) is 0.500. The zero-order valence-electron chi connectivity index (χ0n) is 25.1. The number of aliphatic hydroxyl groups is 1. The average molecular weight is 585 g/mol. The molecular formula is C24H33FN7O7P. The number of hydrogen-bond donors (Lipinski definition) is 4. The molecule has 1 unspecified atom stereocenters. The second kappa shape index (κ2) is 11.6. The van der Waals surface area contributed by atoms with Crippen molar-refractivity contribution >= 4 is 36.6 Å². The summed E-state index contributed by atoms with van der Waals surface area (Å²) in [6.45, 7) is 0.380. The smallest absolute Gasteiger partial charge is 0.459 e. The summed E-state index contributed by atoms with van der Waals surface area (Å²) in [6.07, 6.45) is -5.40. The number of alkyl halides is 1. The second-order valence-electron chi connectivity index (χ2n) is 9.28. The van der Waals surface area contributed by atoms with Crippen LogP contribution in [0.25, 0.3) is 11.2 Å². The molecule has 5 N–H and O–H groups in total. The Balaban J connectivity index is 1.65. The van der Waals surface area contributed by atoms with E-state index >= 15 is 4.39 Å². The maximum absolute atomic E-state index is 16.6. The molecule has 0 bridgehead atoms. The Labute approximate surface area is 234 Å². The molecule has 1 saturated heterocycles. The standard InChI is InChI=1S/C24H33FN7O7P/c1-13(2)37-21(34)14(3)31-40(35,39-15-9-7-6-8-10-15)36-11-16-18(33)24(4,25)22(38-16)32-12-28-17-19(27-5)29-23(26)30-20(17)32/h6-10,12-14,16,18,22,33H,11H2,1-5H3,(H,31,35)(H3,26,27,29,30)/t14-,16+,18+,22+,24+,40?/m0/s1/i4D3. The number of nitrogen functional groups attached to an aromatic ring is 1. The van der Waals surface area contributed by atoms with Gasteiger partial charge in [-0.2, -0.15) is 15.1 Å². The molecule has 1 aromatic carbocycles. The van der Waals surface area contributed by atoms with Crippen LogP contribution in [0.5, 0.6) is 5.75 Å². The minimum atomic E-state index is -4.46. The highest BCUT2D eigenvalue weighted by Gasteiger charge is 2.56. The molecule has 16 heteroatoms. The quantitative estimate of drug-likeness (QED) is 0.191. The first-order chi connectivity index (χ1) is 20.1. The third kappa shape index (κ3) is 6.18. The summed E-state index contributed by atoms with van der Waals surface area (Å²) < 4.78 is 77.2. The van der Waals surface area contributed by atoms with Crippen LogP contribution in [0.4, 0.5) is 16.2 Å². The predicted octanol–water partition coefficient (Wildman–Crippen LogP) is 2.57. The SMILES string of the molecule is [2H]C([2H])([2H])[C@@]1(F)[C@H](O)[C@@H](COP(=O)(N[C@@H](C)C(=O)OC(C)C)Oc2ccccc2)O[C@H]1n1cnc2c(NC)nc(N)nc21. The van der Waals surface area contributed by atoms with Gasteiger partial charge in [-0.1, -0.05) is 18.2 Å². The topological polar surface area (TPSA) is 185 Å². The van der Waals surface area contributed by atoms with Crippen LogP contribution in [-0.2, 0) is 23.4 Å². The molecule has 6 atom stereocenters. The van der Waals surface area contributed by atoms with Crippen molar-refractivity contribution in [1.29, 1.82) is 0 Å². The van der Waals surface area contributed by atoms with E-state index in [4.69, 9.17) is 28.4 Å². The van der Waals surface area contributed by atoms with Crippen LogP contribution >= 0.6 is 7.75 Å². The van der Waals surface area contributed by atoms with Crippen molar-refractivity contribution in [2.45, 2.75) is 63.9 Å². The number of hydrogen-bond acceptors (Lipinski definition) is 12. The van der Waals surface area contributed by atoms with Crippen molar-refractivity contribution in [1.82, 2.24) is 24.6 Å². The number of carbonyl (C=O) groups is 1. The zero-order chi connectivity index (χ0) is 31.7. The lowest BCUT2D eigenvalue weighted by Crippen LogP contribution is -2.41. The van der Waals surface area contributed by atoms with Crippen LogP contribution in [0.1, 0.15) is 38.0 Å². The van der Waals surface area contributed by atoms with E-state index in [-0.39, 0.29) is 28.7 Å². The minimum absolute atomic E-state index is 0.0702. The summed E-state index contributed by atoms with van der Waals surface area (Å²) in [5, 5.41) is 16.3.